The van der Waals surface area contributed by atoms with Crippen LogP contribution in [0.3, 0.4) is 0 Å². The molecule has 0 atom stereocenters. The van der Waals surface area contributed by atoms with E-state index >= 15 is 0 Å². The molecular formula is C14H17ClP+. The molecule has 0 nitrogen and oxygen atoms in total. The van der Waals surface area contributed by atoms with Crippen molar-refractivity contribution >= 4 is 23.2 Å². The molecule has 0 amide bonds. The van der Waals surface area contributed by atoms with Gasteiger partial charge in [0, 0.05) is 0 Å². The zero-order chi connectivity index (χ0) is 11.9. The molecule has 0 N–H and O–H groups in total. The third-order valence-electron chi connectivity index (χ3n) is 3.68. The molecule has 1 heterocycles. The Morgan fingerprint density at radius 2 is 1.25 bits per heavy atom. The smallest absolute Gasteiger partial charge is 0.0620 e. The van der Waals surface area contributed by atoms with Crippen molar-refractivity contribution in [3.63, 3.8) is 0 Å². The van der Waals surface area contributed by atoms with E-state index in [1.807, 2.05) is 6.07 Å². The molecule has 1 aliphatic heterocycles. The molecule has 0 aromatic heterocycles. The maximum atomic E-state index is 6.98. The summed E-state index contributed by atoms with van der Waals surface area (Å²) in [7, 11) is 0. The Kier molecular flexibility index (Phi) is 2.99. The second-order valence-corrected chi connectivity index (χ2v) is 8.90. The highest BCUT2D eigenvalue weighted by molar-refractivity contribution is 8.10. The fourth-order valence-electron chi connectivity index (χ4n) is 2.28. The highest BCUT2D eigenvalue weighted by Gasteiger charge is 2.50. The van der Waals surface area contributed by atoms with Gasteiger partial charge in [0.1, 0.15) is 16.5 Å². The number of hydrogen-bond acceptors (Lipinski definition) is 0. The fourth-order valence-corrected chi connectivity index (χ4v) is 6.50. The van der Waals surface area contributed by atoms with Crippen LogP contribution in [0, 0.1) is 0 Å². The second-order valence-electron chi connectivity index (χ2n) is 4.35. The van der Waals surface area contributed by atoms with Crippen LogP contribution in [0.4, 0.5) is 0 Å². The van der Waals surface area contributed by atoms with Gasteiger partial charge in [-0.3, -0.25) is 0 Å². The number of hydrogen-bond donors (Lipinski definition) is 0. The lowest BCUT2D eigenvalue weighted by atomic mass is 10.1. The minimum atomic E-state index is -1.74. The van der Waals surface area contributed by atoms with Crippen LogP contribution in [-0.2, 0) is 0 Å². The Morgan fingerprint density at radius 3 is 1.69 bits per heavy atom. The van der Waals surface area contributed by atoms with Crippen molar-refractivity contribution in [3.05, 3.63) is 52.1 Å². The van der Waals surface area contributed by atoms with Crippen molar-refractivity contribution in [2.45, 2.75) is 27.7 Å². The highest BCUT2D eigenvalue weighted by Crippen LogP contribution is 2.79. The van der Waals surface area contributed by atoms with Crippen molar-refractivity contribution in [2.24, 2.45) is 0 Å². The van der Waals surface area contributed by atoms with E-state index in [0.29, 0.717) is 0 Å². The Morgan fingerprint density at radius 1 is 0.812 bits per heavy atom. The second kappa shape index (κ2) is 4.02. The van der Waals surface area contributed by atoms with Gasteiger partial charge >= 0.3 is 0 Å². The lowest BCUT2D eigenvalue weighted by Crippen LogP contribution is -2.06. The van der Waals surface area contributed by atoms with E-state index in [2.05, 4.69) is 52.0 Å². The Balaban J connectivity index is 2.65. The van der Waals surface area contributed by atoms with Crippen LogP contribution in [0.15, 0.2) is 52.1 Å². The van der Waals surface area contributed by atoms with Gasteiger partial charge in [-0.2, -0.15) is 0 Å². The number of halogens is 1. The summed E-state index contributed by atoms with van der Waals surface area (Å²) in [4.78, 5) is 0. The average Bonchev–Trinajstić information content (AvgIpc) is 2.47. The van der Waals surface area contributed by atoms with Gasteiger partial charge < -0.3 is 0 Å². The van der Waals surface area contributed by atoms with Gasteiger partial charge in [0.15, 0.2) is 0 Å². The summed E-state index contributed by atoms with van der Waals surface area (Å²) in [6.45, 7) is 7.00. The monoisotopic (exact) mass is 251 g/mol. The summed E-state index contributed by atoms with van der Waals surface area (Å²) in [5.74, 6) is 0. The van der Waals surface area contributed by atoms with Crippen LogP contribution >= 0.6 is 17.9 Å². The van der Waals surface area contributed by atoms with Gasteiger partial charge in [-0.05, 0) is 51.0 Å². The predicted molar refractivity (Wildman–Crippen MR) is 75.6 cm³/mol. The van der Waals surface area contributed by atoms with Crippen molar-refractivity contribution in [3.8, 4) is 0 Å². The molecule has 0 unspecified atom stereocenters. The molecule has 84 valence electrons. The van der Waals surface area contributed by atoms with Gasteiger partial charge in [-0.1, -0.05) is 18.2 Å². The highest BCUT2D eigenvalue weighted by atomic mass is 35.7. The largest absolute Gasteiger partial charge is 0.202 e. The van der Waals surface area contributed by atoms with Crippen molar-refractivity contribution in [1.82, 2.24) is 0 Å². The Bertz CT molecular complexity index is 459. The molecule has 0 fully saturated rings. The van der Waals surface area contributed by atoms with E-state index in [0.717, 1.165) is 0 Å². The molecule has 1 aromatic carbocycles. The molecule has 0 radical (unpaired) electrons. The van der Waals surface area contributed by atoms with Gasteiger partial charge in [-0.15, -0.1) is 0 Å². The Labute approximate surface area is 103 Å². The normalized spacial score (nSPS) is 19.6. The molecule has 2 heteroatoms. The molecule has 1 aliphatic rings. The van der Waals surface area contributed by atoms with Crippen molar-refractivity contribution < 1.29 is 0 Å². The maximum Gasteiger partial charge on any atom is 0.202 e. The molecule has 2 rings (SSSR count). The van der Waals surface area contributed by atoms with E-state index in [9.17, 15) is 0 Å². The molecule has 1 aromatic rings. The molecule has 0 aliphatic carbocycles. The van der Waals surface area contributed by atoms with Gasteiger partial charge in [0.25, 0.3) is 0 Å². The Hall–Kier alpha value is -0.580. The van der Waals surface area contributed by atoms with E-state index in [1.54, 1.807) is 0 Å². The molecule has 0 bridgehead atoms. The molecule has 0 spiro atoms. The lowest BCUT2D eigenvalue weighted by Gasteiger charge is -2.16. The summed E-state index contributed by atoms with van der Waals surface area (Å²) < 4.78 is 0. The van der Waals surface area contributed by atoms with Gasteiger partial charge in [-0.25, -0.2) is 0 Å². The predicted octanol–water partition coefficient (Wildman–Crippen LogP) is 5.08. The zero-order valence-corrected chi connectivity index (χ0v) is 11.9. The van der Waals surface area contributed by atoms with Crippen LogP contribution < -0.4 is 5.30 Å². The van der Waals surface area contributed by atoms with Crippen LogP contribution in [0.2, 0.25) is 0 Å². The number of rotatable bonds is 1. The third-order valence-corrected chi connectivity index (χ3v) is 9.32. The van der Waals surface area contributed by atoms with Crippen LogP contribution in [-0.4, -0.2) is 0 Å². The van der Waals surface area contributed by atoms with E-state index in [-0.39, 0.29) is 0 Å². The first-order valence-corrected chi connectivity index (χ1v) is 8.19. The van der Waals surface area contributed by atoms with Gasteiger partial charge in [0.05, 0.1) is 10.6 Å². The van der Waals surface area contributed by atoms with E-state index in [4.69, 9.17) is 11.2 Å². The summed E-state index contributed by atoms with van der Waals surface area (Å²) in [5, 5.41) is 4.02. The summed E-state index contributed by atoms with van der Waals surface area (Å²) in [6.07, 6.45) is 0. The lowest BCUT2D eigenvalue weighted by molar-refractivity contribution is 1.31. The van der Waals surface area contributed by atoms with Crippen LogP contribution in [0.25, 0.3) is 0 Å². The number of benzene rings is 1. The quantitative estimate of drug-likeness (QED) is 0.610. The molecule has 0 saturated carbocycles. The first kappa shape index (κ1) is 11.9. The molecular weight excluding hydrogens is 235 g/mol. The molecule has 16 heavy (non-hydrogen) atoms. The van der Waals surface area contributed by atoms with Crippen LogP contribution in [0.1, 0.15) is 27.7 Å². The maximum absolute atomic E-state index is 6.98. The first-order valence-electron chi connectivity index (χ1n) is 5.50. The topological polar surface area (TPSA) is 0 Å². The summed E-state index contributed by atoms with van der Waals surface area (Å²) in [6, 6.07) is 10.5. The van der Waals surface area contributed by atoms with E-state index < -0.39 is 6.62 Å². The van der Waals surface area contributed by atoms with Crippen LogP contribution in [0.5, 0.6) is 0 Å². The average molecular weight is 252 g/mol. The fraction of sp³-hybridized carbons (Fsp3) is 0.286. The van der Waals surface area contributed by atoms with E-state index in [1.165, 1.54) is 27.1 Å². The standard InChI is InChI=1S/C14H17ClP/c1-10-11(2)13(4)16(15,12(10)3)14-8-6-5-7-9-14/h5-9H,1-4H3/q+1. The minimum absolute atomic E-state index is 1.28. The summed E-state index contributed by atoms with van der Waals surface area (Å²) >= 11 is 6.98. The number of allylic oxidation sites excluding steroid dienone is 4. The first-order chi connectivity index (χ1) is 7.49. The van der Waals surface area contributed by atoms with Crippen molar-refractivity contribution in [2.75, 3.05) is 0 Å². The zero-order valence-electron chi connectivity index (χ0n) is 10.2. The molecule has 0 saturated heterocycles. The van der Waals surface area contributed by atoms with Crippen molar-refractivity contribution in [1.29, 1.82) is 0 Å². The third kappa shape index (κ3) is 1.48. The minimum Gasteiger partial charge on any atom is -0.0620 e. The summed E-state index contributed by atoms with van der Waals surface area (Å²) in [5.41, 5.74) is 2.76. The van der Waals surface area contributed by atoms with Gasteiger partial charge in [0.2, 0.25) is 6.62 Å². The SMILES string of the molecule is CC1=C(C)[P+](Cl)(c2ccccc2)C(C)=C1C.